The van der Waals surface area contributed by atoms with E-state index in [9.17, 15) is 9.59 Å². The molecule has 0 fully saturated rings. The molecule has 0 unspecified atom stereocenters. The minimum atomic E-state index is -0.613. The zero-order valence-electron chi connectivity index (χ0n) is 19.7. The van der Waals surface area contributed by atoms with Gasteiger partial charge in [-0.15, -0.1) is 0 Å². The molecule has 8 nitrogen and oxygen atoms in total. The quantitative estimate of drug-likeness (QED) is 0.398. The molecule has 3 N–H and O–H groups in total. The zero-order chi connectivity index (χ0) is 26.2. The fourth-order valence-corrected chi connectivity index (χ4v) is 3.62. The zero-order valence-corrected chi connectivity index (χ0v) is 20.4. The lowest BCUT2D eigenvalue weighted by molar-refractivity contribution is 0.0955. The van der Waals surface area contributed by atoms with Crippen LogP contribution < -0.4 is 15.8 Å². The molecule has 1 aliphatic rings. The van der Waals surface area contributed by atoms with E-state index in [0.29, 0.717) is 47.2 Å². The number of amides is 2. The number of carbonyl (C=O) groups is 2. The third-order valence-electron chi connectivity index (χ3n) is 5.39. The Hall–Kier alpha value is -4.48. The maximum atomic E-state index is 12.3. The van der Waals surface area contributed by atoms with Crippen LogP contribution in [-0.4, -0.2) is 34.9 Å². The van der Waals surface area contributed by atoms with Gasteiger partial charge in [0, 0.05) is 11.1 Å². The molecule has 0 saturated heterocycles. The van der Waals surface area contributed by atoms with Crippen molar-refractivity contribution >= 4 is 23.4 Å². The van der Waals surface area contributed by atoms with Gasteiger partial charge in [-0.2, -0.15) is 5.26 Å². The van der Waals surface area contributed by atoms with Crippen molar-refractivity contribution in [2.45, 2.75) is 13.3 Å². The highest BCUT2D eigenvalue weighted by Crippen LogP contribution is 2.36. The van der Waals surface area contributed by atoms with E-state index in [0.717, 1.165) is 22.3 Å². The van der Waals surface area contributed by atoms with Crippen molar-refractivity contribution in [1.29, 1.82) is 5.26 Å². The lowest BCUT2D eigenvalue weighted by Gasteiger charge is -2.15. The number of rotatable bonds is 5. The molecule has 0 spiro atoms. The second-order valence-corrected chi connectivity index (χ2v) is 8.20. The Kier molecular flexibility index (Phi) is 8.55. The van der Waals surface area contributed by atoms with Crippen molar-refractivity contribution in [2.24, 2.45) is 5.73 Å². The van der Waals surface area contributed by atoms with Crippen LogP contribution in [0, 0.1) is 18.3 Å². The number of hydrogen-bond donors (Lipinski definition) is 2. The molecule has 0 radical (unpaired) electrons. The Morgan fingerprint density at radius 2 is 2.03 bits per heavy atom. The largest absolute Gasteiger partial charge is 0.489 e. The average Bonchev–Trinajstić information content (AvgIpc) is 3.08. The van der Waals surface area contributed by atoms with Crippen LogP contribution in [0.3, 0.4) is 0 Å². The number of halogens is 1. The van der Waals surface area contributed by atoms with Gasteiger partial charge < -0.3 is 15.8 Å². The van der Waals surface area contributed by atoms with Gasteiger partial charge in [0.05, 0.1) is 41.3 Å². The first kappa shape index (κ1) is 26.1. The van der Waals surface area contributed by atoms with Crippen LogP contribution in [0.1, 0.15) is 37.5 Å². The second-order valence-electron chi connectivity index (χ2n) is 7.82. The van der Waals surface area contributed by atoms with E-state index in [4.69, 9.17) is 27.3 Å². The molecule has 0 bridgehead atoms. The summed E-state index contributed by atoms with van der Waals surface area (Å²) in [4.78, 5) is 31.7. The lowest BCUT2D eigenvalue weighted by atomic mass is 9.96. The van der Waals surface area contributed by atoms with Crippen molar-refractivity contribution in [3.63, 3.8) is 0 Å². The molecule has 9 heteroatoms. The van der Waals surface area contributed by atoms with E-state index < -0.39 is 5.91 Å². The summed E-state index contributed by atoms with van der Waals surface area (Å²) < 4.78 is 5.67. The molecule has 0 atom stereocenters. The van der Waals surface area contributed by atoms with Crippen molar-refractivity contribution < 1.29 is 14.3 Å². The summed E-state index contributed by atoms with van der Waals surface area (Å²) in [6.45, 7) is 9.39. The van der Waals surface area contributed by atoms with Crippen molar-refractivity contribution in [2.75, 3.05) is 13.2 Å². The van der Waals surface area contributed by atoms with Gasteiger partial charge in [-0.3, -0.25) is 14.6 Å². The molecule has 36 heavy (non-hydrogen) atoms. The third-order valence-corrected chi connectivity index (χ3v) is 5.85. The minimum absolute atomic E-state index is 0.124. The van der Waals surface area contributed by atoms with Gasteiger partial charge >= 0.3 is 0 Å². The summed E-state index contributed by atoms with van der Waals surface area (Å²) in [6, 6.07) is 11.5. The Labute approximate surface area is 214 Å². The van der Waals surface area contributed by atoms with E-state index in [1.54, 1.807) is 6.07 Å². The van der Waals surface area contributed by atoms with Gasteiger partial charge in [0.2, 0.25) is 0 Å². The van der Waals surface area contributed by atoms with Crippen LogP contribution in [-0.2, 0) is 6.42 Å². The predicted octanol–water partition coefficient (Wildman–Crippen LogP) is 4.17. The summed E-state index contributed by atoms with van der Waals surface area (Å²) in [7, 11) is 0. The van der Waals surface area contributed by atoms with Crippen LogP contribution in [0.4, 0.5) is 0 Å². The van der Waals surface area contributed by atoms with Gasteiger partial charge in [-0.25, -0.2) is 4.98 Å². The van der Waals surface area contributed by atoms with Crippen LogP contribution in [0.15, 0.2) is 67.5 Å². The van der Waals surface area contributed by atoms with E-state index in [-0.39, 0.29) is 11.6 Å². The number of primary amides is 1. The number of nitrogens with zero attached hydrogens (tertiary/aromatic N) is 3. The number of nitriles is 1. The van der Waals surface area contributed by atoms with E-state index in [2.05, 4.69) is 28.4 Å². The summed E-state index contributed by atoms with van der Waals surface area (Å²) in [5.74, 6) is -0.349. The van der Waals surface area contributed by atoms with Gasteiger partial charge in [0.25, 0.3) is 11.8 Å². The maximum Gasteiger partial charge on any atom is 0.268 e. The lowest BCUT2D eigenvalue weighted by Crippen LogP contribution is -2.24. The van der Waals surface area contributed by atoms with Crippen LogP contribution >= 0.6 is 11.6 Å². The van der Waals surface area contributed by atoms with E-state index in [1.807, 2.05) is 37.3 Å². The van der Waals surface area contributed by atoms with Crippen LogP contribution in [0.25, 0.3) is 11.3 Å². The monoisotopic (exact) mass is 501 g/mol. The predicted molar refractivity (Wildman–Crippen MR) is 138 cm³/mol. The number of nitrogens with two attached hydrogens (primary N) is 1. The van der Waals surface area contributed by atoms with Gasteiger partial charge in [0.1, 0.15) is 12.3 Å². The highest BCUT2D eigenvalue weighted by Gasteiger charge is 2.22. The minimum Gasteiger partial charge on any atom is -0.489 e. The smallest absolute Gasteiger partial charge is 0.268 e. The first-order valence-electron chi connectivity index (χ1n) is 10.9. The standard InChI is InChI=1S/C22H19ClN4O3.C5H5N/c1-12-15(9-16-20(19(12)23)30-7-6-25-22(16)29)8-13-2-4-14(5-3-13)17-10-27-18(11-26-17)21(24)28;1-3-5(2)4-6/h2-5,9-11H,6-8H2,1H3,(H2,24,28)(H,25,29);3H,1-2H2. The number of carbonyl (C=O) groups excluding carboxylic acids is 2. The fourth-order valence-electron chi connectivity index (χ4n) is 3.35. The number of aromatic nitrogens is 2. The summed E-state index contributed by atoms with van der Waals surface area (Å²) in [5, 5.41) is 11.2. The molecule has 2 heterocycles. The Morgan fingerprint density at radius 1 is 1.31 bits per heavy atom. The normalized spacial score (nSPS) is 11.9. The molecule has 3 aromatic rings. The topological polar surface area (TPSA) is 131 Å². The average molecular weight is 502 g/mol. The fraction of sp³-hybridized carbons (Fsp3) is 0.148. The molecule has 2 amide bonds. The first-order valence-corrected chi connectivity index (χ1v) is 11.3. The van der Waals surface area contributed by atoms with Crippen LogP contribution in [0.5, 0.6) is 5.75 Å². The molecule has 4 rings (SSSR count). The Bertz CT molecular complexity index is 1360. The SMILES string of the molecule is C=CC(=C)C#N.Cc1c(Cc2ccc(-c3cnc(C(N)=O)cn3)cc2)cc2c(c1Cl)OCCNC2=O. The van der Waals surface area contributed by atoms with Crippen molar-refractivity contribution in [3.8, 4) is 23.1 Å². The molecule has 0 saturated carbocycles. The summed E-state index contributed by atoms with van der Waals surface area (Å²) in [5.41, 5.74) is 10.6. The molecular weight excluding hydrogens is 478 g/mol. The molecule has 1 aromatic heterocycles. The Morgan fingerprint density at radius 3 is 2.58 bits per heavy atom. The van der Waals surface area contributed by atoms with Gasteiger partial charge in [0.15, 0.2) is 5.75 Å². The van der Waals surface area contributed by atoms with Crippen molar-refractivity contribution in [3.05, 3.63) is 101 Å². The summed E-state index contributed by atoms with van der Waals surface area (Å²) >= 11 is 6.51. The van der Waals surface area contributed by atoms with E-state index >= 15 is 0 Å². The van der Waals surface area contributed by atoms with Crippen molar-refractivity contribution in [1.82, 2.24) is 15.3 Å². The second kappa shape index (κ2) is 11.8. The maximum absolute atomic E-state index is 12.3. The first-order chi connectivity index (χ1) is 17.2. The number of fused-ring (bicyclic) bond motifs is 1. The highest BCUT2D eigenvalue weighted by atomic mass is 35.5. The van der Waals surface area contributed by atoms with Gasteiger partial charge in [-0.1, -0.05) is 55.1 Å². The molecule has 2 aromatic carbocycles. The van der Waals surface area contributed by atoms with Gasteiger partial charge in [-0.05, 0) is 36.1 Å². The number of allylic oxidation sites excluding steroid dienone is 2. The molecular formula is C27H24ClN5O3. The Balaban J connectivity index is 0.000000538. The molecule has 1 aliphatic heterocycles. The van der Waals surface area contributed by atoms with E-state index in [1.165, 1.54) is 18.5 Å². The third kappa shape index (κ3) is 6.14. The number of ether oxygens (including phenoxy) is 1. The number of hydrogen-bond acceptors (Lipinski definition) is 6. The number of benzene rings is 2. The number of nitrogens with one attached hydrogen (secondary N) is 1. The van der Waals surface area contributed by atoms with Crippen LogP contribution in [0.2, 0.25) is 5.02 Å². The molecule has 182 valence electrons. The molecule has 0 aliphatic carbocycles. The summed E-state index contributed by atoms with van der Waals surface area (Å²) in [6.07, 6.45) is 4.91. The highest BCUT2D eigenvalue weighted by molar-refractivity contribution is 6.33.